The Morgan fingerprint density at radius 1 is 1.22 bits per heavy atom. The lowest BCUT2D eigenvalue weighted by Gasteiger charge is -2.24. The number of carbonyl (C=O) groups excluding carboxylic acids is 2. The molecule has 2 amide bonds. The first kappa shape index (κ1) is 15.7. The van der Waals surface area contributed by atoms with Crippen LogP contribution in [0.15, 0.2) is 12.1 Å². The van der Waals surface area contributed by atoms with Crippen LogP contribution in [-0.4, -0.2) is 37.9 Å². The number of hydrogen-bond donors (Lipinski definition) is 1. The minimum atomic E-state index is -1.12. The number of halogens is 2. The molecule has 0 radical (unpaired) electrons. The SMILES string of the molecule is NC(=O)C1CN(c2cc(F)c(C3CCOCC3)c(F)c2)C(=O)O1. The number of cyclic esters (lactones) is 1. The van der Waals surface area contributed by atoms with Gasteiger partial charge in [-0.05, 0) is 30.9 Å². The Kier molecular flexibility index (Phi) is 4.16. The van der Waals surface area contributed by atoms with E-state index in [2.05, 4.69) is 0 Å². The molecule has 3 rings (SSSR count). The predicted molar refractivity (Wildman–Crippen MR) is 76.0 cm³/mol. The number of carbonyl (C=O) groups is 2. The average Bonchev–Trinajstić information content (AvgIpc) is 2.90. The lowest BCUT2D eigenvalue weighted by Crippen LogP contribution is -2.32. The molecule has 2 heterocycles. The molecular formula is C15H16F2N2O4. The number of rotatable bonds is 3. The second-order valence-corrected chi connectivity index (χ2v) is 5.60. The van der Waals surface area contributed by atoms with Gasteiger partial charge in [-0.1, -0.05) is 0 Å². The molecule has 2 N–H and O–H groups in total. The van der Waals surface area contributed by atoms with Crippen molar-refractivity contribution >= 4 is 17.7 Å². The molecule has 1 aromatic rings. The lowest BCUT2D eigenvalue weighted by atomic mass is 9.90. The maximum Gasteiger partial charge on any atom is 0.415 e. The van der Waals surface area contributed by atoms with Crippen LogP contribution in [0.2, 0.25) is 0 Å². The summed E-state index contributed by atoms with van der Waals surface area (Å²) in [6, 6.07) is 2.16. The van der Waals surface area contributed by atoms with E-state index in [1.165, 1.54) is 0 Å². The molecule has 0 aliphatic carbocycles. The summed E-state index contributed by atoms with van der Waals surface area (Å²) in [5.41, 5.74) is 5.09. The minimum Gasteiger partial charge on any atom is -0.434 e. The van der Waals surface area contributed by atoms with Crippen LogP contribution in [0.1, 0.15) is 24.3 Å². The molecular weight excluding hydrogens is 310 g/mol. The molecule has 0 aromatic heterocycles. The standard InChI is InChI=1S/C15H16F2N2O4/c16-10-5-9(19-7-12(14(18)20)23-15(19)21)6-11(17)13(10)8-1-3-22-4-2-8/h5-6,8,12H,1-4,7H2,(H2,18,20). The Labute approximate surface area is 131 Å². The minimum absolute atomic E-state index is 0.00422. The third-order valence-corrected chi connectivity index (χ3v) is 4.13. The van der Waals surface area contributed by atoms with E-state index in [1.807, 2.05) is 0 Å². The summed E-state index contributed by atoms with van der Waals surface area (Å²) in [7, 11) is 0. The van der Waals surface area contributed by atoms with Crippen LogP contribution in [0, 0.1) is 11.6 Å². The largest absolute Gasteiger partial charge is 0.434 e. The second kappa shape index (κ2) is 6.11. The molecule has 2 aliphatic rings. The van der Waals surface area contributed by atoms with Crippen molar-refractivity contribution in [3.05, 3.63) is 29.3 Å². The highest BCUT2D eigenvalue weighted by Crippen LogP contribution is 2.34. The summed E-state index contributed by atoms with van der Waals surface area (Å²) in [6.07, 6.45) is -0.888. The number of benzene rings is 1. The summed E-state index contributed by atoms with van der Waals surface area (Å²) in [5, 5.41) is 0. The molecule has 124 valence electrons. The van der Waals surface area contributed by atoms with Gasteiger partial charge < -0.3 is 15.2 Å². The number of ether oxygens (including phenoxy) is 2. The first-order valence-electron chi connectivity index (χ1n) is 7.31. The second-order valence-electron chi connectivity index (χ2n) is 5.60. The maximum atomic E-state index is 14.4. The van der Waals surface area contributed by atoms with E-state index in [-0.39, 0.29) is 23.7 Å². The Morgan fingerprint density at radius 3 is 2.35 bits per heavy atom. The van der Waals surface area contributed by atoms with E-state index in [0.29, 0.717) is 26.1 Å². The molecule has 23 heavy (non-hydrogen) atoms. The number of hydrogen-bond acceptors (Lipinski definition) is 4. The summed E-state index contributed by atoms with van der Waals surface area (Å²) in [5.74, 6) is -2.49. The van der Waals surface area contributed by atoms with Gasteiger partial charge in [-0.15, -0.1) is 0 Å². The number of anilines is 1. The van der Waals surface area contributed by atoms with Crippen LogP contribution in [0.5, 0.6) is 0 Å². The quantitative estimate of drug-likeness (QED) is 0.916. The molecule has 2 fully saturated rings. The van der Waals surface area contributed by atoms with E-state index < -0.39 is 29.7 Å². The van der Waals surface area contributed by atoms with Crippen molar-refractivity contribution in [3.63, 3.8) is 0 Å². The predicted octanol–water partition coefficient (Wildman–Crippen LogP) is 1.67. The van der Waals surface area contributed by atoms with Crippen molar-refractivity contribution in [2.45, 2.75) is 24.9 Å². The third-order valence-electron chi connectivity index (χ3n) is 4.13. The van der Waals surface area contributed by atoms with Crippen LogP contribution < -0.4 is 10.6 Å². The first-order chi connectivity index (χ1) is 11.0. The van der Waals surface area contributed by atoms with Gasteiger partial charge in [0.2, 0.25) is 0 Å². The van der Waals surface area contributed by atoms with Crippen LogP contribution in [0.25, 0.3) is 0 Å². The van der Waals surface area contributed by atoms with Crippen LogP contribution in [0.4, 0.5) is 19.3 Å². The molecule has 1 unspecified atom stereocenters. The van der Waals surface area contributed by atoms with Crippen LogP contribution in [-0.2, 0) is 14.3 Å². The van der Waals surface area contributed by atoms with Gasteiger partial charge in [0, 0.05) is 18.8 Å². The Hall–Kier alpha value is -2.22. The van der Waals surface area contributed by atoms with Gasteiger partial charge in [-0.2, -0.15) is 0 Å². The summed E-state index contributed by atoms with van der Waals surface area (Å²) in [6.45, 7) is 0.762. The molecule has 6 nitrogen and oxygen atoms in total. The first-order valence-corrected chi connectivity index (χ1v) is 7.31. The third kappa shape index (κ3) is 2.98. The fourth-order valence-electron chi connectivity index (χ4n) is 2.92. The fraction of sp³-hybridized carbons (Fsp3) is 0.467. The zero-order valence-corrected chi connectivity index (χ0v) is 12.3. The molecule has 1 aromatic carbocycles. The molecule has 0 bridgehead atoms. The van der Waals surface area contributed by atoms with Gasteiger partial charge in [0.15, 0.2) is 6.10 Å². The zero-order valence-electron chi connectivity index (χ0n) is 12.3. The van der Waals surface area contributed by atoms with Gasteiger partial charge in [0.05, 0.1) is 12.2 Å². The molecule has 8 heteroatoms. The molecule has 0 saturated carbocycles. The molecule has 2 aliphatic heterocycles. The van der Waals surface area contributed by atoms with Gasteiger partial charge in [0.1, 0.15) is 11.6 Å². The number of primary amides is 1. The van der Waals surface area contributed by atoms with Crippen molar-refractivity contribution in [3.8, 4) is 0 Å². The van der Waals surface area contributed by atoms with Crippen molar-refractivity contribution in [1.29, 1.82) is 0 Å². The Balaban J connectivity index is 1.88. The van der Waals surface area contributed by atoms with E-state index in [0.717, 1.165) is 17.0 Å². The Bertz CT molecular complexity index is 623. The van der Waals surface area contributed by atoms with E-state index in [9.17, 15) is 18.4 Å². The van der Waals surface area contributed by atoms with Gasteiger partial charge in [-0.3, -0.25) is 9.69 Å². The molecule has 1 atom stereocenters. The van der Waals surface area contributed by atoms with Crippen LogP contribution >= 0.6 is 0 Å². The Morgan fingerprint density at radius 2 is 1.83 bits per heavy atom. The highest BCUT2D eigenvalue weighted by Gasteiger charge is 2.36. The number of nitrogens with two attached hydrogens (primary N) is 1. The summed E-state index contributed by atoms with van der Waals surface area (Å²) in [4.78, 5) is 23.8. The van der Waals surface area contributed by atoms with E-state index in [1.54, 1.807) is 0 Å². The smallest absolute Gasteiger partial charge is 0.415 e. The van der Waals surface area contributed by atoms with E-state index >= 15 is 0 Å². The monoisotopic (exact) mass is 326 g/mol. The van der Waals surface area contributed by atoms with Crippen molar-refractivity contribution < 1.29 is 27.8 Å². The van der Waals surface area contributed by atoms with Crippen molar-refractivity contribution in [2.24, 2.45) is 5.73 Å². The highest BCUT2D eigenvalue weighted by atomic mass is 19.1. The number of nitrogens with zero attached hydrogens (tertiary/aromatic N) is 1. The fourth-order valence-corrected chi connectivity index (χ4v) is 2.92. The average molecular weight is 326 g/mol. The maximum absolute atomic E-state index is 14.4. The van der Waals surface area contributed by atoms with Gasteiger partial charge in [-0.25, -0.2) is 13.6 Å². The topological polar surface area (TPSA) is 81.9 Å². The highest BCUT2D eigenvalue weighted by molar-refractivity contribution is 5.95. The molecule has 0 spiro atoms. The van der Waals surface area contributed by atoms with Crippen molar-refractivity contribution in [1.82, 2.24) is 0 Å². The summed E-state index contributed by atoms with van der Waals surface area (Å²) >= 11 is 0. The number of amides is 2. The molecule has 2 saturated heterocycles. The van der Waals surface area contributed by atoms with Crippen molar-refractivity contribution in [2.75, 3.05) is 24.7 Å². The lowest BCUT2D eigenvalue weighted by molar-refractivity contribution is -0.124. The zero-order chi connectivity index (χ0) is 16.6. The van der Waals surface area contributed by atoms with Crippen LogP contribution in [0.3, 0.4) is 0 Å². The van der Waals surface area contributed by atoms with Gasteiger partial charge in [0.25, 0.3) is 5.91 Å². The normalized spacial score (nSPS) is 22.3. The van der Waals surface area contributed by atoms with Gasteiger partial charge >= 0.3 is 6.09 Å². The van der Waals surface area contributed by atoms with E-state index in [4.69, 9.17) is 15.2 Å². The summed E-state index contributed by atoms with van der Waals surface area (Å²) < 4.78 is 38.7.